The summed E-state index contributed by atoms with van der Waals surface area (Å²) in [4.78, 5) is 10.4. The van der Waals surface area contributed by atoms with E-state index in [1.54, 1.807) is 0 Å². The second kappa shape index (κ2) is 8.40. The minimum atomic E-state index is -4.51. The summed E-state index contributed by atoms with van der Waals surface area (Å²) in [7, 11) is -3.84. The molecule has 0 spiro atoms. The Bertz CT molecular complexity index is 1080. The Morgan fingerprint density at radius 3 is 2.47 bits per heavy atom. The normalized spacial score (nSPS) is 15.6. The van der Waals surface area contributed by atoms with Crippen molar-refractivity contribution in [2.45, 2.75) is 23.9 Å². The molecule has 0 radical (unpaired) electrons. The molecule has 0 aliphatic carbocycles. The van der Waals surface area contributed by atoms with Crippen LogP contribution in [0.3, 0.4) is 0 Å². The third-order valence-corrected chi connectivity index (χ3v) is 6.38. The molecule has 12 heteroatoms. The number of nitrogens with one attached hydrogen (secondary N) is 1. The van der Waals surface area contributed by atoms with E-state index in [1.807, 2.05) is 0 Å². The number of hydrogen-bond donors (Lipinski definition) is 1. The van der Waals surface area contributed by atoms with Crippen molar-refractivity contribution in [1.29, 1.82) is 0 Å². The number of hydrazone groups is 1. The standard InChI is InChI=1S/C18H17F3N4O4S/c19-18(20,21)14-5-3-4-13(10-14)12-22-23-16-7-6-15(11-17(16)25(26)27)30(28,29)24-8-1-2-9-24/h3-7,10-12,23H,1-2,8-9H2. The Hall–Kier alpha value is -2.99. The van der Waals surface area contributed by atoms with E-state index < -0.39 is 32.4 Å². The Morgan fingerprint density at radius 1 is 1.13 bits per heavy atom. The summed E-state index contributed by atoms with van der Waals surface area (Å²) in [5, 5.41) is 15.1. The summed E-state index contributed by atoms with van der Waals surface area (Å²) in [6.07, 6.45) is -1.98. The Kier molecular flexibility index (Phi) is 6.08. The summed E-state index contributed by atoms with van der Waals surface area (Å²) in [5.74, 6) is 0. The molecule has 1 saturated heterocycles. The van der Waals surface area contributed by atoms with E-state index in [4.69, 9.17) is 0 Å². The molecular weight excluding hydrogens is 425 g/mol. The molecule has 30 heavy (non-hydrogen) atoms. The molecular formula is C18H17F3N4O4S. The van der Waals surface area contributed by atoms with E-state index in [9.17, 15) is 31.7 Å². The molecule has 1 fully saturated rings. The van der Waals surface area contributed by atoms with Crippen molar-refractivity contribution in [3.63, 3.8) is 0 Å². The molecule has 3 rings (SSSR count). The average Bonchev–Trinajstić information content (AvgIpc) is 3.23. The van der Waals surface area contributed by atoms with Gasteiger partial charge in [0.2, 0.25) is 10.0 Å². The lowest BCUT2D eigenvalue weighted by molar-refractivity contribution is -0.384. The zero-order chi connectivity index (χ0) is 21.9. The maximum Gasteiger partial charge on any atom is 0.416 e. The number of nitrogens with zero attached hydrogens (tertiary/aromatic N) is 3. The van der Waals surface area contributed by atoms with Gasteiger partial charge in [-0.2, -0.15) is 22.6 Å². The smallest absolute Gasteiger partial charge is 0.272 e. The predicted octanol–water partition coefficient (Wildman–Crippen LogP) is 3.84. The number of nitro groups is 1. The van der Waals surface area contributed by atoms with Gasteiger partial charge in [0, 0.05) is 19.2 Å². The highest BCUT2D eigenvalue weighted by Crippen LogP contribution is 2.31. The zero-order valence-electron chi connectivity index (χ0n) is 15.5. The molecule has 2 aromatic rings. The van der Waals surface area contributed by atoms with E-state index in [1.165, 1.54) is 28.6 Å². The molecule has 1 heterocycles. The molecule has 0 unspecified atom stereocenters. The number of hydrogen-bond acceptors (Lipinski definition) is 6. The maximum absolute atomic E-state index is 12.8. The molecule has 2 aromatic carbocycles. The third kappa shape index (κ3) is 4.76. The SMILES string of the molecule is O=[N+]([O-])c1cc(S(=O)(=O)N2CCCC2)ccc1NN=Cc1cccc(C(F)(F)F)c1. The van der Waals surface area contributed by atoms with Gasteiger partial charge in [0.05, 0.1) is 21.6 Å². The maximum atomic E-state index is 12.8. The molecule has 0 bridgehead atoms. The lowest BCUT2D eigenvalue weighted by Crippen LogP contribution is -2.27. The second-order valence-corrected chi connectivity index (χ2v) is 8.48. The number of rotatable bonds is 6. The molecule has 0 atom stereocenters. The van der Waals surface area contributed by atoms with E-state index in [0.717, 1.165) is 37.3 Å². The van der Waals surface area contributed by atoms with Gasteiger partial charge in [-0.25, -0.2) is 8.42 Å². The van der Waals surface area contributed by atoms with Gasteiger partial charge in [-0.15, -0.1) is 0 Å². The fourth-order valence-electron chi connectivity index (χ4n) is 2.97. The van der Waals surface area contributed by atoms with Crippen LogP contribution in [0, 0.1) is 10.1 Å². The van der Waals surface area contributed by atoms with Crippen LogP contribution >= 0.6 is 0 Å². The minimum Gasteiger partial charge on any atom is -0.272 e. The van der Waals surface area contributed by atoms with Crippen LogP contribution in [0.25, 0.3) is 0 Å². The first-order chi connectivity index (χ1) is 14.1. The van der Waals surface area contributed by atoms with E-state index in [2.05, 4.69) is 10.5 Å². The molecule has 1 aliphatic heterocycles. The molecule has 8 nitrogen and oxygen atoms in total. The van der Waals surface area contributed by atoms with Gasteiger partial charge in [-0.1, -0.05) is 12.1 Å². The van der Waals surface area contributed by atoms with Crippen LogP contribution in [0.5, 0.6) is 0 Å². The molecule has 0 saturated carbocycles. The number of nitro benzene ring substituents is 1. The van der Waals surface area contributed by atoms with Crippen molar-refractivity contribution in [1.82, 2.24) is 4.31 Å². The summed E-state index contributed by atoms with van der Waals surface area (Å²) >= 11 is 0. The van der Waals surface area contributed by atoms with Gasteiger partial charge in [0.15, 0.2) is 0 Å². The fourth-order valence-corrected chi connectivity index (χ4v) is 4.50. The van der Waals surface area contributed by atoms with Crippen LogP contribution in [-0.4, -0.2) is 37.0 Å². The largest absolute Gasteiger partial charge is 0.416 e. The van der Waals surface area contributed by atoms with Crippen molar-refractivity contribution in [3.8, 4) is 0 Å². The van der Waals surface area contributed by atoms with Crippen molar-refractivity contribution in [3.05, 3.63) is 63.7 Å². The lowest BCUT2D eigenvalue weighted by Gasteiger charge is -2.15. The van der Waals surface area contributed by atoms with Crippen LogP contribution < -0.4 is 5.43 Å². The van der Waals surface area contributed by atoms with Crippen molar-refractivity contribution < 1.29 is 26.5 Å². The molecule has 1 N–H and O–H groups in total. The van der Waals surface area contributed by atoms with E-state index >= 15 is 0 Å². The van der Waals surface area contributed by atoms with Gasteiger partial charge in [0.1, 0.15) is 5.69 Å². The Morgan fingerprint density at radius 2 is 1.83 bits per heavy atom. The van der Waals surface area contributed by atoms with Crippen molar-refractivity contribution >= 4 is 27.6 Å². The highest BCUT2D eigenvalue weighted by Gasteiger charge is 2.31. The van der Waals surface area contributed by atoms with Gasteiger partial charge >= 0.3 is 6.18 Å². The third-order valence-electron chi connectivity index (χ3n) is 4.48. The summed E-state index contributed by atoms with van der Waals surface area (Å²) in [6.45, 7) is 0.717. The highest BCUT2D eigenvalue weighted by molar-refractivity contribution is 7.89. The van der Waals surface area contributed by atoms with Crippen LogP contribution in [-0.2, 0) is 16.2 Å². The minimum absolute atomic E-state index is 0.0939. The quantitative estimate of drug-likeness (QED) is 0.416. The van der Waals surface area contributed by atoms with E-state index in [-0.39, 0.29) is 16.1 Å². The van der Waals surface area contributed by atoms with Crippen LogP contribution in [0.15, 0.2) is 52.5 Å². The number of sulfonamides is 1. The molecule has 1 aliphatic rings. The monoisotopic (exact) mass is 442 g/mol. The Balaban J connectivity index is 1.83. The van der Waals surface area contributed by atoms with Crippen molar-refractivity contribution in [2.24, 2.45) is 5.10 Å². The first kappa shape index (κ1) is 21.7. The lowest BCUT2D eigenvalue weighted by atomic mass is 10.1. The first-order valence-electron chi connectivity index (χ1n) is 8.84. The molecule has 0 aromatic heterocycles. The second-order valence-electron chi connectivity index (χ2n) is 6.54. The molecule has 160 valence electrons. The van der Waals surface area contributed by atoms with E-state index in [0.29, 0.717) is 13.1 Å². The molecule has 0 amide bonds. The van der Waals surface area contributed by atoms with Gasteiger partial charge in [-0.3, -0.25) is 15.5 Å². The topological polar surface area (TPSA) is 105 Å². The number of anilines is 1. The summed E-state index contributed by atoms with van der Waals surface area (Å²) < 4.78 is 64.7. The zero-order valence-corrected chi connectivity index (χ0v) is 16.3. The van der Waals surface area contributed by atoms with Gasteiger partial charge in [0.25, 0.3) is 5.69 Å². The Labute approximate surface area is 170 Å². The first-order valence-corrected chi connectivity index (χ1v) is 10.3. The summed E-state index contributed by atoms with van der Waals surface area (Å²) in [6, 6.07) is 7.76. The number of alkyl halides is 3. The summed E-state index contributed by atoms with van der Waals surface area (Å²) in [5.41, 5.74) is 1.06. The van der Waals surface area contributed by atoms with Gasteiger partial charge in [-0.05, 0) is 42.7 Å². The van der Waals surface area contributed by atoms with Crippen molar-refractivity contribution in [2.75, 3.05) is 18.5 Å². The van der Waals surface area contributed by atoms with Gasteiger partial charge < -0.3 is 0 Å². The fraction of sp³-hybridized carbons (Fsp3) is 0.278. The number of halogens is 3. The van der Waals surface area contributed by atoms with Crippen LogP contribution in [0.1, 0.15) is 24.0 Å². The number of benzene rings is 2. The van der Waals surface area contributed by atoms with Crippen LogP contribution in [0.2, 0.25) is 0 Å². The van der Waals surface area contributed by atoms with Crippen LogP contribution in [0.4, 0.5) is 24.5 Å². The highest BCUT2D eigenvalue weighted by atomic mass is 32.2. The average molecular weight is 442 g/mol. The predicted molar refractivity (Wildman–Crippen MR) is 104 cm³/mol.